The molecule has 2 aromatic rings. The van der Waals surface area contributed by atoms with Crippen LogP contribution in [0.5, 0.6) is 0 Å². The molecule has 0 saturated carbocycles. The van der Waals surface area contributed by atoms with Gasteiger partial charge >= 0.3 is 12.1 Å². The summed E-state index contributed by atoms with van der Waals surface area (Å²) in [5.41, 5.74) is 2.82. The van der Waals surface area contributed by atoms with Crippen molar-refractivity contribution in [3.05, 3.63) is 83.9 Å². The molecule has 0 spiro atoms. The topological polar surface area (TPSA) is 67.9 Å². The number of hydrogen-bond acceptors (Lipinski definition) is 5. The van der Waals surface area contributed by atoms with Crippen LogP contribution in [0.1, 0.15) is 24.5 Å². The normalized spacial score (nSPS) is 10.5. The second-order valence-corrected chi connectivity index (χ2v) is 7.01. The van der Waals surface area contributed by atoms with Crippen LogP contribution in [0.4, 0.5) is 4.79 Å². The van der Waals surface area contributed by atoms with Crippen LogP contribution in [0.15, 0.2) is 72.8 Å². The van der Waals surface area contributed by atoms with E-state index in [9.17, 15) is 9.59 Å². The fourth-order valence-electron chi connectivity index (χ4n) is 2.82. The Labute approximate surface area is 178 Å². The number of alkyl carbamates (subject to hydrolysis) is 1. The maximum atomic E-state index is 11.7. The SMILES string of the molecule is C=C(C)C(=O)OCCNC(=O)OCCCN(Cc1ccccc1)Cc1ccccc1. The molecule has 1 amide bonds. The van der Waals surface area contributed by atoms with Gasteiger partial charge in [0.1, 0.15) is 6.61 Å². The minimum absolute atomic E-state index is 0.0860. The molecule has 0 aliphatic carbocycles. The first-order valence-electron chi connectivity index (χ1n) is 10.1. The Morgan fingerprint density at radius 2 is 1.47 bits per heavy atom. The Hall–Kier alpha value is -3.12. The quantitative estimate of drug-likeness (QED) is 0.326. The number of esters is 1. The Bertz CT molecular complexity index is 752. The molecular weight excluding hydrogens is 380 g/mol. The highest BCUT2D eigenvalue weighted by Gasteiger charge is 2.09. The minimum Gasteiger partial charge on any atom is -0.460 e. The van der Waals surface area contributed by atoms with E-state index in [0.717, 1.165) is 26.1 Å². The van der Waals surface area contributed by atoms with Crippen molar-refractivity contribution >= 4 is 12.1 Å². The van der Waals surface area contributed by atoms with Gasteiger partial charge in [-0.3, -0.25) is 4.90 Å². The number of ether oxygens (including phenoxy) is 2. The third-order valence-corrected chi connectivity index (χ3v) is 4.30. The van der Waals surface area contributed by atoms with Gasteiger partial charge in [0.25, 0.3) is 0 Å². The van der Waals surface area contributed by atoms with Crippen molar-refractivity contribution in [3.63, 3.8) is 0 Å². The van der Waals surface area contributed by atoms with Gasteiger partial charge in [-0.05, 0) is 24.5 Å². The molecule has 0 radical (unpaired) electrons. The standard InChI is InChI=1S/C24H30N2O4/c1-20(2)23(27)29-17-14-25-24(28)30-16-9-15-26(18-21-10-5-3-6-11-21)19-22-12-7-4-8-13-22/h3-8,10-13H,1,9,14-19H2,2H3,(H,25,28). The number of nitrogens with one attached hydrogen (secondary N) is 1. The zero-order valence-electron chi connectivity index (χ0n) is 17.5. The van der Waals surface area contributed by atoms with Crippen molar-refractivity contribution in [3.8, 4) is 0 Å². The van der Waals surface area contributed by atoms with E-state index in [-0.39, 0.29) is 13.2 Å². The van der Waals surface area contributed by atoms with Crippen LogP contribution in [0.3, 0.4) is 0 Å². The number of rotatable bonds is 12. The maximum Gasteiger partial charge on any atom is 0.407 e. The fraction of sp³-hybridized carbons (Fsp3) is 0.333. The van der Waals surface area contributed by atoms with Crippen LogP contribution in [0, 0.1) is 0 Å². The zero-order chi connectivity index (χ0) is 21.6. The lowest BCUT2D eigenvalue weighted by molar-refractivity contribution is -0.138. The molecule has 0 heterocycles. The first kappa shape index (κ1) is 23.2. The summed E-state index contributed by atoms with van der Waals surface area (Å²) in [6, 6.07) is 20.6. The number of amides is 1. The number of benzene rings is 2. The lowest BCUT2D eigenvalue weighted by Crippen LogP contribution is -2.30. The Balaban J connectivity index is 1.70. The molecule has 2 rings (SSSR count). The number of carbonyl (C=O) groups excluding carboxylic acids is 2. The average molecular weight is 411 g/mol. The molecule has 0 unspecified atom stereocenters. The van der Waals surface area contributed by atoms with Gasteiger partial charge < -0.3 is 14.8 Å². The van der Waals surface area contributed by atoms with Crippen molar-refractivity contribution in [1.29, 1.82) is 0 Å². The van der Waals surface area contributed by atoms with Crippen LogP contribution in [0.2, 0.25) is 0 Å². The van der Waals surface area contributed by atoms with Crippen LogP contribution in [0.25, 0.3) is 0 Å². The van der Waals surface area contributed by atoms with Gasteiger partial charge in [-0.15, -0.1) is 0 Å². The van der Waals surface area contributed by atoms with Gasteiger partial charge in [0.2, 0.25) is 0 Å². The Morgan fingerprint density at radius 1 is 0.900 bits per heavy atom. The summed E-state index contributed by atoms with van der Waals surface area (Å²) >= 11 is 0. The van der Waals surface area contributed by atoms with Crippen LogP contribution in [-0.4, -0.2) is 43.3 Å². The number of carbonyl (C=O) groups is 2. The van der Waals surface area contributed by atoms with Crippen LogP contribution >= 0.6 is 0 Å². The summed E-state index contributed by atoms with van der Waals surface area (Å²) in [6.45, 7) is 8.13. The number of nitrogens with zero attached hydrogens (tertiary/aromatic N) is 1. The molecule has 0 bridgehead atoms. The average Bonchev–Trinajstić information content (AvgIpc) is 2.75. The van der Waals surface area contributed by atoms with Gasteiger partial charge in [0, 0.05) is 25.2 Å². The molecule has 0 aliphatic rings. The van der Waals surface area contributed by atoms with E-state index in [1.165, 1.54) is 11.1 Å². The molecule has 6 heteroatoms. The molecule has 160 valence electrons. The Kier molecular flexibility index (Phi) is 10.2. The van der Waals surface area contributed by atoms with E-state index in [1.54, 1.807) is 6.92 Å². The minimum atomic E-state index is -0.515. The van der Waals surface area contributed by atoms with Crippen molar-refractivity contribution in [2.24, 2.45) is 0 Å². The first-order chi connectivity index (χ1) is 14.5. The lowest BCUT2D eigenvalue weighted by Gasteiger charge is -2.22. The summed E-state index contributed by atoms with van der Waals surface area (Å²) in [5.74, 6) is -0.470. The summed E-state index contributed by atoms with van der Waals surface area (Å²) in [5, 5.41) is 2.56. The summed E-state index contributed by atoms with van der Waals surface area (Å²) in [6.07, 6.45) is 0.205. The molecule has 0 aromatic heterocycles. The van der Waals surface area contributed by atoms with Gasteiger partial charge in [-0.2, -0.15) is 0 Å². The molecule has 6 nitrogen and oxygen atoms in total. The smallest absolute Gasteiger partial charge is 0.407 e. The Morgan fingerprint density at radius 3 is 2.00 bits per heavy atom. The van der Waals surface area contributed by atoms with Gasteiger partial charge in [-0.1, -0.05) is 67.2 Å². The van der Waals surface area contributed by atoms with Crippen LogP contribution < -0.4 is 5.32 Å². The molecule has 1 N–H and O–H groups in total. The van der Waals surface area contributed by atoms with Crippen molar-refractivity contribution in [1.82, 2.24) is 10.2 Å². The van der Waals surface area contributed by atoms with E-state index < -0.39 is 12.1 Å². The van der Waals surface area contributed by atoms with E-state index in [4.69, 9.17) is 9.47 Å². The molecule has 0 atom stereocenters. The zero-order valence-corrected chi connectivity index (χ0v) is 17.5. The largest absolute Gasteiger partial charge is 0.460 e. The van der Waals surface area contributed by atoms with Crippen molar-refractivity contribution in [2.45, 2.75) is 26.4 Å². The first-order valence-corrected chi connectivity index (χ1v) is 10.1. The van der Waals surface area contributed by atoms with Gasteiger partial charge in [0.15, 0.2) is 0 Å². The molecule has 2 aromatic carbocycles. The maximum absolute atomic E-state index is 11.7. The van der Waals surface area contributed by atoms with Crippen LogP contribution in [-0.2, 0) is 27.4 Å². The third kappa shape index (κ3) is 9.39. The molecule has 0 fully saturated rings. The molecular formula is C24H30N2O4. The highest BCUT2D eigenvalue weighted by molar-refractivity contribution is 5.86. The lowest BCUT2D eigenvalue weighted by atomic mass is 10.1. The highest BCUT2D eigenvalue weighted by atomic mass is 16.6. The second-order valence-electron chi connectivity index (χ2n) is 7.01. The summed E-state index contributed by atoms with van der Waals surface area (Å²) in [7, 11) is 0. The summed E-state index contributed by atoms with van der Waals surface area (Å²) < 4.78 is 10.1. The predicted octanol–water partition coefficient (Wildman–Crippen LogP) is 3.92. The highest BCUT2D eigenvalue weighted by Crippen LogP contribution is 2.10. The van der Waals surface area contributed by atoms with E-state index in [0.29, 0.717) is 12.2 Å². The summed E-state index contributed by atoms with van der Waals surface area (Å²) in [4.78, 5) is 25.3. The van der Waals surface area contributed by atoms with Gasteiger partial charge in [0.05, 0.1) is 13.2 Å². The van der Waals surface area contributed by atoms with E-state index in [1.807, 2.05) is 36.4 Å². The van der Waals surface area contributed by atoms with Crippen molar-refractivity contribution in [2.75, 3.05) is 26.3 Å². The monoisotopic (exact) mass is 410 g/mol. The predicted molar refractivity (Wildman–Crippen MR) is 117 cm³/mol. The fourth-order valence-corrected chi connectivity index (χ4v) is 2.82. The van der Waals surface area contributed by atoms with E-state index >= 15 is 0 Å². The van der Waals surface area contributed by atoms with Gasteiger partial charge in [-0.25, -0.2) is 9.59 Å². The number of hydrogen-bond donors (Lipinski definition) is 1. The van der Waals surface area contributed by atoms with E-state index in [2.05, 4.69) is 41.1 Å². The molecule has 0 aliphatic heterocycles. The second kappa shape index (κ2) is 13.2. The molecule has 0 saturated heterocycles. The van der Waals surface area contributed by atoms with Crippen molar-refractivity contribution < 1.29 is 19.1 Å². The molecule has 30 heavy (non-hydrogen) atoms. The third-order valence-electron chi connectivity index (χ3n) is 4.30.